The van der Waals surface area contributed by atoms with Crippen LogP contribution in [0, 0.1) is 0 Å². The topological polar surface area (TPSA) is 16.4 Å². The minimum absolute atomic E-state index is 0.872. The highest BCUT2D eigenvalue weighted by Gasteiger charge is 2.21. The summed E-state index contributed by atoms with van der Waals surface area (Å²) in [5.41, 5.74) is 14.5. The maximum absolute atomic E-state index is 6.53. The number of rotatable bonds is 7. The van der Waals surface area contributed by atoms with Crippen molar-refractivity contribution in [3.05, 3.63) is 200 Å². The second-order valence-electron chi connectivity index (χ2n) is 12.5. The van der Waals surface area contributed by atoms with Crippen LogP contribution in [0.25, 0.3) is 66.4 Å². The summed E-state index contributed by atoms with van der Waals surface area (Å²) < 4.78 is 6.53. The van der Waals surface area contributed by atoms with Crippen molar-refractivity contribution in [2.75, 3.05) is 4.90 Å². The molecule has 0 radical (unpaired) electrons. The first kappa shape index (κ1) is 29.5. The second kappa shape index (κ2) is 12.8. The van der Waals surface area contributed by atoms with Gasteiger partial charge in [0.15, 0.2) is 5.58 Å². The van der Waals surface area contributed by atoms with E-state index in [4.69, 9.17) is 4.42 Å². The lowest BCUT2D eigenvalue weighted by atomic mass is 9.84. The van der Waals surface area contributed by atoms with Gasteiger partial charge in [-0.1, -0.05) is 164 Å². The van der Waals surface area contributed by atoms with Gasteiger partial charge in [-0.05, 0) is 80.9 Å². The fourth-order valence-corrected chi connectivity index (χ4v) is 7.21. The van der Waals surface area contributed by atoms with Crippen molar-refractivity contribution >= 4 is 39.0 Å². The molecule has 2 heteroatoms. The Kier molecular flexibility index (Phi) is 7.53. The fraction of sp³-hybridized carbons (Fsp3) is 0. The normalized spacial score (nSPS) is 11.2. The van der Waals surface area contributed by atoms with Crippen LogP contribution in [-0.2, 0) is 0 Å². The van der Waals surface area contributed by atoms with Gasteiger partial charge in [-0.2, -0.15) is 0 Å². The number of fused-ring (bicyclic) bond motifs is 3. The van der Waals surface area contributed by atoms with Gasteiger partial charge in [0.05, 0.1) is 5.69 Å². The highest BCUT2D eigenvalue weighted by molar-refractivity contribution is 6.10. The van der Waals surface area contributed by atoms with E-state index in [1.54, 1.807) is 0 Å². The lowest BCUT2D eigenvalue weighted by Gasteiger charge is -2.26. The Morgan fingerprint density at radius 3 is 1.50 bits per heavy atom. The molecule has 0 unspecified atom stereocenters. The van der Waals surface area contributed by atoms with Crippen LogP contribution in [0.3, 0.4) is 0 Å². The molecule has 0 fully saturated rings. The lowest BCUT2D eigenvalue weighted by Crippen LogP contribution is -2.10. The van der Waals surface area contributed by atoms with E-state index in [1.807, 2.05) is 12.1 Å². The van der Waals surface area contributed by atoms with Crippen molar-refractivity contribution in [3.63, 3.8) is 0 Å². The van der Waals surface area contributed by atoms with Crippen molar-refractivity contribution in [3.8, 4) is 44.5 Å². The summed E-state index contributed by atoms with van der Waals surface area (Å²) in [6.07, 6.45) is 0. The Morgan fingerprint density at radius 2 is 0.800 bits per heavy atom. The number of anilines is 3. The molecule has 0 N–H and O–H groups in total. The zero-order valence-electron chi connectivity index (χ0n) is 27.4. The molecule has 9 rings (SSSR count). The molecule has 0 aliphatic rings. The highest BCUT2D eigenvalue weighted by atomic mass is 16.3. The first-order valence-electron chi connectivity index (χ1n) is 17.0. The highest BCUT2D eigenvalue weighted by Crippen LogP contribution is 2.46. The van der Waals surface area contributed by atoms with E-state index in [-0.39, 0.29) is 0 Å². The molecule has 2 nitrogen and oxygen atoms in total. The molecular weight excluding hydrogens is 607 g/mol. The van der Waals surface area contributed by atoms with E-state index in [1.165, 1.54) is 38.9 Å². The lowest BCUT2D eigenvalue weighted by molar-refractivity contribution is 0.669. The smallest absolute Gasteiger partial charge is 0.159 e. The van der Waals surface area contributed by atoms with Gasteiger partial charge < -0.3 is 9.32 Å². The zero-order chi connectivity index (χ0) is 33.3. The van der Waals surface area contributed by atoms with Gasteiger partial charge >= 0.3 is 0 Å². The number of hydrogen-bond donors (Lipinski definition) is 0. The maximum Gasteiger partial charge on any atom is 0.159 e. The van der Waals surface area contributed by atoms with Gasteiger partial charge in [0.25, 0.3) is 0 Å². The van der Waals surface area contributed by atoms with Gasteiger partial charge in [-0.3, -0.25) is 0 Å². The van der Waals surface area contributed by atoms with E-state index in [2.05, 4.69) is 193 Å². The molecule has 0 atom stereocenters. The monoisotopic (exact) mass is 639 g/mol. The van der Waals surface area contributed by atoms with Crippen molar-refractivity contribution in [1.29, 1.82) is 0 Å². The molecule has 9 aromatic rings. The van der Waals surface area contributed by atoms with E-state index >= 15 is 0 Å². The van der Waals surface area contributed by atoms with E-state index in [0.717, 1.165) is 44.6 Å². The third-order valence-electron chi connectivity index (χ3n) is 9.51. The van der Waals surface area contributed by atoms with Crippen LogP contribution in [-0.4, -0.2) is 0 Å². The summed E-state index contributed by atoms with van der Waals surface area (Å²) in [6.45, 7) is 0. The third-order valence-corrected chi connectivity index (χ3v) is 9.51. The Balaban J connectivity index is 1.22. The Morgan fingerprint density at radius 1 is 0.320 bits per heavy atom. The van der Waals surface area contributed by atoms with Crippen LogP contribution < -0.4 is 4.90 Å². The van der Waals surface area contributed by atoms with Crippen LogP contribution in [0.2, 0.25) is 0 Å². The molecule has 0 aliphatic heterocycles. The summed E-state index contributed by atoms with van der Waals surface area (Å²) in [6, 6.07) is 71.0. The van der Waals surface area contributed by atoms with Crippen LogP contribution >= 0.6 is 0 Å². The molecule has 1 aromatic heterocycles. The molecule has 0 bridgehead atoms. The van der Waals surface area contributed by atoms with Crippen molar-refractivity contribution < 1.29 is 4.42 Å². The Labute approximate surface area is 292 Å². The summed E-state index contributed by atoms with van der Waals surface area (Å²) >= 11 is 0. The van der Waals surface area contributed by atoms with E-state index < -0.39 is 0 Å². The van der Waals surface area contributed by atoms with Gasteiger partial charge in [0.2, 0.25) is 0 Å². The van der Waals surface area contributed by atoms with Crippen LogP contribution in [0.1, 0.15) is 0 Å². The standard InChI is InChI=1S/C48H33NO/c1-4-16-34(17-5-1)39-22-10-11-24-43(39)47-40(35-18-6-2-7-19-35)25-14-26-41(47)36-30-32-38(33-31-36)49(37-20-8-3-9-21-37)45-28-15-27-44-42-23-12-13-29-46(42)50-48(44)45/h1-33H. The summed E-state index contributed by atoms with van der Waals surface area (Å²) in [7, 11) is 0. The molecule has 1 heterocycles. The first-order chi connectivity index (χ1) is 24.8. The van der Waals surface area contributed by atoms with E-state index in [9.17, 15) is 0 Å². The molecule has 50 heavy (non-hydrogen) atoms. The minimum atomic E-state index is 0.872. The largest absolute Gasteiger partial charge is 0.454 e. The fourth-order valence-electron chi connectivity index (χ4n) is 7.21. The van der Waals surface area contributed by atoms with Gasteiger partial charge in [-0.25, -0.2) is 0 Å². The quantitative estimate of drug-likeness (QED) is 0.173. The number of nitrogens with zero attached hydrogens (tertiary/aromatic N) is 1. The molecule has 0 aliphatic carbocycles. The predicted octanol–water partition coefficient (Wildman–Crippen LogP) is 13.7. The van der Waals surface area contributed by atoms with Crippen LogP contribution in [0.5, 0.6) is 0 Å². The van der Waals surface area contributed by atoms with Gasteiger partial charge in [0.1, 0.15) is 5.58 Å². The van der Waals surface area contributed by atoms with Crippen molar-refractivity contribution in [2.45, 2.75) is 0 Å². The summed E-state index contributed by atoms with van der Waals surface area (Å²) in [4.78, 5) is 2.29. The zero-order valence-corrected chi connectivity index (χ0v) is 27.4. The van der Waals surface area contributed by atoms with Gasteiger partial charge in [-0.15, -0.1) is 0 Å². The Hall–Kier alpha value is -6.64. The van der Waals surface area contributed by atoms with Gasteiger partial charge in [0, 0.05) is 22.1 Å². The number of hydrogen-bond acceptors (Lipinski definition) is 2. The molecule has 0 saturated heterocycles. The summed E-state index contributed by atoms with van der Waals surface area (Å²) in [5, 5.41) is 2.23. The molecule has 0 spiro atoms. The summed E-state index contributed by atoms with van der Waals surface area (Å²) in [5.74, 6) is 0. The van der Waals surface area contributed by atoms with Crippen molar-refractivity contribution in [2.24, 2.45) is 0 Å². The molecule has 8 aromatic carbocycles. The van der Waals surface area contributed by atoms with Crippen LogP contribution in [0.15, 0.2) is 205 Å². The average Bonchev–Trinajstić information content (AvgIpc) is 3.59. The molecule has 0 saturated carbocycles. The van der Waals surface area contributed by atoms with Crippen LogP contribution in [0.4, 0.5) is 17.1 Å². The SMILES string of the molecule is c1ccc(-c2ccccc2-c2c(-c3ccccc3)cccc2-c2ccc(N(c3ccccc3)c3cccc4c3oc3ccccc34)cc2)cc1. The maximum atomic E-state index is 6.53. The molecule has 236 valence electrons. The third kappa shape index (κ3) is 5.24. The van der Waals surface area contributed by atoms with E-state index in [0.29, 0.717) is 0 Å². The Bertz CT molecular complexity index is 2570. The molecular formula is C48H33NO. The van der Waals surface area contributed by atoms with Crippen molar-refractivity contribution in [1.82, 2.24) is 0 Å². The minimum Gasteiger partial charge on any atom is -0.454 e. The number of benzene rings is 8. The molecule has 0 amide bonds. The number of furan rings is 1. The average molecular weight is 640 g/mol. The number of para-hydroxylation sites is 3. The second-order valence-corrected chi connectivity index (χ2v) is 12.5. The predicted molar refractivity (Wildman–Crippen MR) is 210 cm³/mol. The first-order valence-corrected chi connectivity index (χ1v) is 17.0.